The highest BCUT2D eigenvalue weighted by atomic mass is 15.1. The highest BCUT2D eigenvalue weighted by Gasteiger charge is 2.37. The monoisotopic (exact) mass is 205 g/mol. The number of aromatic nitrogens is 1. The largest absolute Gasteiger partial charge is 0.330 e. The number of pyridine rings is 1. The van der Waals surface area contributed by atoms with Gasteiger partial charge in [-0.15, -0.1) is 0 Å². The number of aryl methyl sites for hydroxylation is 1. The molecule has 0 aliphatic carbocycles. The Labute approximate surface area is 91.3 Å². The standard InChI is InChI=1S/C12H19N3/c1-10-3-4-11(7-14-10)12(8-13)5-6-15(2)9-12/h3-4,7H,5-6,8-9,13H2,1-2H3. The minimum atomic E-state index is 0.134. The number of hydrogen-bond acceptors (Lipinski definition) is 3. The van der Waals surface area contributed by atoms with Crippen LogP contribution in [0, 0.1) is 6.92 Å². The van der Waals surface area contributed by atoms with Crippen LogP contribution in [0.3, 0.4) is 0 Å². The van der Waals surface area contributed by atoms with Gasteiger partial charge < -0.3 is 10.6 Å². The van der Waals surface area contributed by atoms with Gasteiger partial charge in [0.15, 0.2) is 0 Å². The molecule has 1 unspecified atom stereocenters. The van der Waals surface area contributed by atoms with Crippen molar-refractivity contribution in [1.82, 2.24) is 9.88 Å². The molecule has 0 amide bonds. The molecule has 1 aromatic rings. The molecule has 1 aromatic heterocycles. The molecule has 0 aromatic carbocycles. The Morgan fingerprint density at radius 3 is 2.80 bits per heavy atom. The first-order valence-corrected chi connectivity index (χ1v) is 5.48. The summed E-state index contributed by atoms with van der Waals surface area (Å²) < 4.78 is 0. The molecule has 0 saturated carbocycles. The quantitative estimate of drug-likeness (QED) is 0.780. The summed E-state index contributed by atoms with van der Waals surface area (Å²) in [5.74, 6) is 0. The second-order valence-corrected chi connectivity index (χ2v) is 4.66. The van der Waals surface area contributed by atoms with E-state index in [1.54, 1.807) is 0 Å². The first-order chi connectivity index (χ1) is 7.16. The summed E-state index contributed by atoms with van der Waals surface area (Å²) in [5, 5.41) is 0. The molecule has 0 radical (unpaired) electrons. The fraction of sp³-hybridized carbons (Fsp3) is 0.583. The van der Waals surface area contributed by atoms with E-state index in [0.29, 0.717) is 6.54 Å². The van der Waals surface area contributed by atoms with E-state index in [1.165, 1.54) is 5.56 Å². The van der Waals surface area contributed by atoms with Gasteiger partial charge in [0.1, 0.15) is 0 Å². The maximum atomic E-state index is 5.95. The van der Waals surface area contributed by atoms with E-state index in [9.17, 15) is 0 Å². The van der Waals surface area contributed by atoms with Crippen molar-refractivity contribution < 1.29 is 0 Å². The smallest absolute Gasteiger partial charge is 0.0372 e. The first kappa shape index (κ1) is 10.6. The van der Waals surface area contributed by atoms with Crippen LogP contribution in [-0.2, 0) is 5.41 Å². The van der Waals surface area contributed by atoms with Crippen molar-refractivity contribution >= 4 is 0 Å². The van der Waals surface area contributed by atoms with Crippen molar-refractivity contribution in [2.24, 2.45) is 5.73 Å². The van der Waals surface area contributed by atoms with E-state index < -0.39 is 0 Å². The summed E-state index contributed by atoms with van der Waals surface area (Å²) >= 11 is 0. The van der Waals surface area contributed by atoms with E-state index in [1.807, 2.05) is 13.1 Å². The lowest BCUT2D eigenvalue weighted by Gasteiger charge is -2.27. The molecular formula is C12H19N3. The lowest BCUT2D eigenvalue weighted by atomic mass is 9.80. The number of likely N-dealkylation sites (N-methyl/N-ethyl adjacent to an activating group) is 1. The van der Waals surface area contributed by atoms with Gasteiger partial charge in [0.25, 0.3) is 0 Å². The summed E-state index contributed by atoms with van der Waals surface area (Å²) in [6.07, 6.45) is 3.13. The molecule has 1 aliphatic rings. The Balaban J connectivity index is 2.30. The third-order valence-electron chi connectivity index (χ3n) is 3.46. The number of rotatable bonds is 2. The molecule has 3 heteroatoms. The Morgan fingerprint density at radius 2 is 2.33 bits per heavy atom. The molecular weight excluding hydrogens is 186 g/mol. The van der Waals surface area contributed by atoms with Gasteiger partial charge >= 0.3 is 0 Å². The van der Waals surface area contributed by atoms with E-state index in [4.69, 9.17) is 5.73 Å². The zero-order valence-corrected chi connectivity index (χ0v) is 9.53. The van der Waals surface area contributed by atoms with Crippen molar-refractivity contribution in [1.29, 1.82) is 0 Å². The van der Waals surface area contributed by atoms with E-state index >= 15 is 0 Å². The van der Waals surface area contributed by atoms with Crippen molar-refractivity contribution in [3.8, 4) is 0 Å². The minimum absolute atomic E-state index is 0.134. The minimum Gasteiger partial charge on any atom is -0.330 e. The van der Waals surface area contributed by atoms with Crippen LogP contribution in [0.15, 0.2) is 18.3 Å². The van der Waals surface area contributed by atoms with Crippen LogP contribution in [-0.4, -0.2) is 36.6 Å². The van der Waals surface area contributed by atoms with Crippen LogP contribution in [0.1, 0.15) is 17.7 Å². The maximum absolute atomic E-state index is 5.95. The summed E-state index contributed by atoms with van der Waals surface area (Å²) in [7, 11) is 2.15. The third kappa shape index (κ3) is 1.90. The number of likely N-dealkylation sites (tertiary alicyclic amines) is 1. The molecule has 2 heterocycles. The van der Waals surface area contributed by atoms with Gasteiger partial charge in [0.05, 0.1) is 0 Å². The second-order valence-electron chi connectivity index (χ2n) is 4.66. The molecule has 2 N–H and O–H groups in total. The molecule has 0 spiro atoms. The third-order valence-corrected chi connectivity index (χ3v) is 3.46. The van der Waals surface area contributed by atoms with Gasteiger partial charge in [-0.1, -0.05) is 6.07 Å². The van der Waals surface area contributed by atoms with Crippen LogP contribution < -0.4 is 5.73 Å². The molecule has 1 atom stereocenters. The normalized spacial score (nSPS) is 27.1. The van der Waals surface area contributed by atoms with Crippen LogP contribution in [0.5, 0.6) is 0 Å². The van der Waals surface area contributed by atoms with Crippen molar-refractivity contribution in [3.63, 3.8) is 0 Å². The van der Waals surface area contributed by atoms with Gasteiger partial charge in [0, 0.05) is 30.4 Å². The molecule has 1 fully saturated rings. The molecule has 15 heavy (non-hydrogen) atoms. The van der Waals surface area contributed by atoms with Gasteiger partial charge in [-0.05, 0) is 38.6 Å². The molecule has 0 bridgehead atoms. The SMILES string of the molecule is Cc1ccc(C2(CN)CCN(C)C2)cn1. The van der Waals surface area contributed by atoms with Crippen LogP contribution >= 0.6 is 0 Å². The fourth-order valence-electron chi connectivity index (χ4n) is 2.38. The zero-order valence-electron chi connectivity index (χ0n) is 9.53. The predicted octanol–water partition coefficient (Wildman–Crippen LogP) is 0.922. The maximum Gasteiger partial charge on any atom is 0.0372 e. The Kier molecular flexibility index (Phi) is 2.76. The molecule has 82 valence electrons. The number of nitrogens with zero attached hydrogens (tertiary/aromatic N) is 2. The average molecular weight is 205 g/mol. The summed E-state index contributed by atoms with van der Waals surface area (Å²) in [6.45, 7) is 4.90. The van der Waals surface area contributed by atoms with Crippen molar-refractivity contribution in [3.05, 3.63) is 29.6 Å². The van der Waals surface area contributed by atoms with E-state index in [-0.39, 0.29) is 5.41 Å². The molecule has 1 saturated heterocycles. The predicted molar refractivity (Wildman–Crippen MR) is 61.8 cm³/mol. The van der Waals surface area contributed by atoms with Crippen molar-refractivity contribution in [2.75, 3.05) is 26.7 Å². The second kappa shape index (κ2) is 3.91. The van der Waals surface area contributed by atoms with E-state index in [2.05, 4.69) is 29.1 Å². The highest BCUT2D eigenvalue weighted by molar-refractivity contribution is 5.26. The molecule has 2 rings (SSSR count). The first-order valence-electron chi connectivity index (χ1n) is 5.48. The van der Waals surface area contributed by atoms with Gasteiger partial charge in [-0.25, -0.2) is 0 Å². The lowest BCUT2D eigenvalue weighted by molar-refractivity contribution is 0.371. The Bertz CT molecular complexity index is 333. The van der Waals surface area contributed by atoms with Crippen LogP contribution in [0.4, 0.5) is 0 Å². The number of hydrogen-bond donors (Lipinski definition) is 1. The fourth-order valence-corrected chi connectivity index (χ4v) is 2.38. The average Bonchev–Trinajstić information content (AvgIpc) is 2.62. The van der Waals surface area contributed by atoms with E-state index in [0.717, 1.165) is 25.2 Å². The van der Waals surface area contributed by atoms with Crippen molar-refractivity contribution in [2.45, 2.75) is 18.8 Å². The van der Waals surface area contributed by atoms with Gasteiger partial charge in [-0.3, -0.25) is 4.98 Å². The summed E-state index contributed by atoms with van der Waals surface area (Å²) in [6, 6.07) is 4.25. The summed E-state index contributed by atoms with van der Waals surface area (Å²) in [5.41, 5.74) is 8.44. The number of nitrogens with two attached hydrogens (primary N) is 1. The highest BCUT2D eigenvalue weighted by Crippen LogP contribution is 2.32. The lowest BCUT2D eigenvalue weighted by Crippen LogP contribution is -2.37. The van der Waals surface area contributed by atoms with Crippen LogP contribution in [0.25, 0.3) is 0 Å². The molecule has 3 nitrogen and oxygen atoms in total. The van der Waals surface area contributed by atoms with Crippen LogP contribution in [0.2, 0.25) is 0 Å². The topological polar surface area (TPSA) is 42.1 Å². The Hall–Kier alpha value is -0.930. The molecule has 1 aliphatic heterocycles. The van der Waals surface area contributed by atoms with Gasteiger partial charge in [-0.2, -0.15) is 0 Å². The summed E-state index contributed by atoms with van der Waals surface area (Å²) in [4.78, 5) is 6.71. The zero-order chi connectivity index (χ0) is 10.9. The Morgan fingerprint density at radius 1 is 1.53 bits per heavy atom. The van der Waals surface area contributed by atoms with Gasteiger partial charge in [0.2, 0.25) is 0 Å².